The highest BCUT2D eigenvalue weighted by atomic mass is 16.4. The lowest BCUT2D eigenvalue weighted by Gasteiger charge is -2.11. The van der Waals surface area contributed by atoms with Gasteiger partial charge in [-0.25, -0.2) is 9.59 Å². The molecule has 0 saturated heterocycles. The maximum atomic E-state index is 13.2. The molecule has 0 unspecified atom stereocenters. The van der Waals surface area contributed by atoms with Crippen molar-refractivity contribution in [3.8, 4) is 11.1 Å². The lowest BCUT2D eigenvalue weighted by Crippen LogP contribution is -2.26. The lowest BCUT2D eigenvalue weighted by molar-refractivity contribution is 0.0697. The van der Waals surface area contributed by atoms with E-state index in [9.17, 15) is 14.7 Å². The molecule has 0 spiro atoms. The molecule has 3 aromatic rings. The largest absolute Gasteiger partial charge is 0.478 e. The van der Waals surface area contributed by atoms with Crippen molar-refractivity contribution in [1.82, 2.24) is 9.13 Å². The van der Waals surface area contributed by atoms with Crippen LogP contribution in [0.1, 0.15) is 67.3 Å². The Bertz CT molecular complexity index is 1120. The fraction of sp³-hybridized carbons (Fsp3) is 0.407. The van der Waals surface area contributed by atoms with Gasteiger partial charge in [-0.05, 0) is 54.9 Å². The second-order valence-electron chi connectivity index (χ2n) is 8.89. The summed E-state index contributed by atoms with van der Waals surface area (Å²) < 4.78 is 3.85. The zero-order valence-electron chi connectivity index (χ0n) is 19.6. The number of imidazole rings is 1. The molecular formula is C27H34N2O3. The maximum Gasteiger partial charge on any atom is 0.336 e. The first-order valence-electron chi connectivity index (χ1n) is 11.5. The number of hydrogen-bond donors (Lipinski definition) is 1. The molecular weight excluding hydrogens is 400 g/mol. The molecule has 1 aromatic heterocycles. The molecule has 0 saturated carbocycles. The van der Waals surface area contributed by atoms with Gasteiger partial charge in [0.2, 0.25) is 0 Å². The summed E-state index contributed by atoms with van der Waals surface area (Å²) in [6.07, 6.45) is 3.98. The van der Waals surface area contributed by atoms with Crippen LogP contribution in [0.4, 0.5) is 0 Å². The minimum atomic E-state index is -0.935. The molecule has 2 aromatic carbocycles. The van der Waals surface area contributed by atoms with E-state index in [4.69, 9.17) is 0 Å². The highest BCUT2D eigenvalue weighted by molar-refractivity contribution is 5.95. The fourth-order valence-corrected chi connectivity index (χ4v) is 4.13. The Balaban J connectivity index is 1.93. The number of rotatable bonds is 10. The molecule has 1 N–H and O–H groups in total. The zero-order chi connectivity index (χ0) is 23.3. The highest BCUT2D eigenvalue weighted by Crippen LogP contribution is 2.24. The summed E-state index contributed by atoms with van der Waals surface area (Å²) >= 11 is 0. The Hall–Kier alpha value is -3.08. The van der Waals surface area contributed by atoms with Crippen LogP contribution in [0.15, 0.2) is 53.3 Å². The van der Waals surface area contributed by atoms with Crippen molar-refractivity contribution in [2.24, 2.45) is 5.92 Å². The zero-order valence-corrected chi connectivity index (χ0v) is 19.6. The molecule has 0 atom stereocenters. The molecule has 170 valence electrons. The molecule has 0 aliphatic heterocycles. The van der Waals surface area contributed by atoms with Gasteiger partial charge in [0.1, 0.15) is 0 Å². The van der Waals surface area contributed by atoms with Gasteiger partial charge in [-0.15, -0.1) is 0 Å². The van der Waals surface area contributed by atoms with E-state index in [1.807, 2.05) is 45.5 Å². The Labute approximate surface area is 190 Å². The van der Waals surface area contributed by atoms with Gasteiger partial charge in [0.25, 0.3) is 0 Å². The van der Waals surface area contributed by atoms with Crippen LogP contribution in [0, 0.1) is 12.8 Å². The topological polar surface area (TPSA) is 64.2 Å². The SMILES string of the molecule is CCCCn1c(C)c(CCC(C)C)n(Cc2ccc(-c3ccccc3C(=O)O)cc2)c1=O. The van der Waals surface area contributed by atoms with E-state index in [0.717, 1.165) is 54.7 Å². The van der Waals surface area contributed by atoms with Crippen molar-refractivity contribution in [1.29, 1.82) is 0 Å². The third-order valence-corrected chi connectivity index (χ3v) is 6.07. The first-order chi connectivity index (χ1) is 15.3. The number of aromatic nitrogens is 2. The van der Waals surface area contributed by atoms with Crippen molar-refractivity contribution < 1.29 is 9.90 Å². The third kappa shape index (κ3) is 5.21. The van der Waals surface area contributed by atoms with E-state index >= 15 is 0 Å². The monoisotopic (exact) mass is 434 g/mol. The van der Waals surface area contributed by atoms with Crippen LogP contribution in [0.3, 0.4) is 0 Å². The predicted molar refractivity (Wildman–Crippen MR) is 129 cm³/mol. The summed E-state index contributed by atoms with van der Waals surface area (Å²) in [6.45, 7) is 9.90. The van der Waals surface area contributed by atoms with E-state index in [-0.39, 0.29) is 11.3 Å². The van der Waals surface area contributed by atoms with Gasteiger partial charge < -0.3 is 5.11 Å². The van der Waals surface area contributed by atoms with Gasteiger partial charge >= 0.3 is 11.7 Å². The van der Waals surface area contributed by atoms with E-state index < -0.39 is 5.97 Å². The minimum Gasteiger partial charge on any atom is -0.478 e. The number of nitrogens with zero attached hydrogens (tertiary/aromatic N) is 2. The van der Waals surface area contributed by atoms with Crippen molar-refractivity contribution in [3.05, 3.63) is 81.5 Å². The quantitative estimate of drug-likeness (QED) is 0.441. The molecule has 0 radical (unpaired) electrons. The molecule has 5 nitrogen and oxygen atoms in total. The Morgan fingerprint density at radius 2 is 1.72 bits per heavy atom. The standard InChI is InChI=1S/C27H34N2O3/c1-5-6-17-28-20(4)25(16-11-19(2)3)29(27(28)32)18-21-12-14-22(15-13-21)23-9-7-8-10-24(23)26(30)31/h7-10,12-15,19H,5-6,11,16-18H2,1-4H3,(H,30,31). The Morgan fingerprint density at radius 3 is 2.34 bits per heavy atom. The fourth-order valence-electron chi connectivity index (χ4n) is 4.13. The highest BCUT2D eigenvalue weighted by Gasteiger charge is 2.17. The van der Waals surface area contributed by atoms with Crippen LogP contribution in [-0.4, -0.2) is 20.2 Å². The van der Waals surface area contributed by atoms with Crippen molar-refractivity contribution in [2.45, 2.75) is 66.5 Å². The number of hydrogen-bond acceptors (Lipinski definition) is 2. The van der Waals surface area contributed by atoms with Crippen LogP contribution in [0.5, 0.6) is 0 Å². The molecule has 0 fully saturated rings. The molecule has 5 heteroatoms. The number of carboxylic acids is 1. The number of unbranched alkanes of at least 4 members (excludes halogenated alkanes) is 1. The second-order valence-corrected chi connectivity index (χ2v) is 8.89. The average Bonchev–Trinajstić information content (AvgIpc) is 3.00. The first-order valence-corrected chi connectivity index (χ1v) is 11.5. The average molecular weight is 435 g/mol. The number of carbonyl (C=O) groups is 1. The molecule has 32 heavy (non-hydrogen) atoms. The Kier molecular flexibility index (Phi) is 7.73. The van der Waals surface area contributed by atoms with Crippen molar-refractivity contribution >= 4 is 5.97 Å². The third-order valence-electron chi connectivity index (χ3n) is 6.07. The smallest absolute Gasteiger partial charge is 0.336 e. The molecule has 1 heterocycles. The summed E-state index contributed by atoms with van der Waals surface area (Å²) in [5.41, 5.74) is 5.14. The summed E-state index contributed by atoms with van der Waals surface area (Å²) in [6, 6.07) is 14.9. The normalized spacial score (nSPS) is 11.3. The van der Waals surface area contributed by atoms with Crippen LogP contribution in [0.2, 0.25) is 0 Å². The van der Waals surface area contributed by atoms with Gasteiger partial charge in [0.05, 0.1) is 12.1 Å². The van der Waals surface area contributed by atoms with Gasteiger partial charge in [0, 0.05) is 17.9 Å². The predicted octanol–water partition coefficient (Wildman–Crippen LogP) is 5.76. The summed E-state index contributed by atoms with van der Waals surface area (Å²) in [7, 11) is 0. The molecule has 3 rings (SSSR count). The molecule has 0 bridgehead atoms. The van der Waals surface area contributed by atoms with E-state index in [2.05, 4.69) is 27.7 Å². The van der Waals surface area contributed by atoms with Crippen LogP contribution in [-0.2, 0) is 19.5 Å². The summed E-state index contributed by atoms with van der Waals surface area (Å²) in [4.78, 5) is 24.8. The van der Waals surface area contributed by atoms with Crippen molar-refractivity contribution in [3.63, 3.8) is 0 Å². The molecule has 0 aliphatic carbocycles. The molecule has 0 aliphatic rings. The number of benzene rings is 2. The van der Waals surface area contributed by atoms with Crippen LogP contribution in [0.25, 0.3) is 11.1 Å². The summed E-state index contributed by atoms with van der Waals surface area (Å²) in [5.74, 6) is -0.361. The molecule has 0 amide bonds. The van der Waals surface area contributed by atoms with Gasteiger partial charge in [0.15, 0.2) is 0 Å². The number of aromatic carboxylic acids is 1. The lowest BCUT2D eigenvalue weighted by atomic mass is 9.98. The van der Waals surface area contributed by atoms with E-state index in [1.54, 1.807) is 12.1 Å². The maximum absolute atomic E-state index is 13.2. The van der Waals surface area contributed by atoms with E-state index in [0.29, 0.717) is 18.0 Å². The van der Waals surface area contributed by atoms with Crippen molar-refractivity contribution in [2.75, 3.05) is 0 Å². The van der Waals surface area contributed by atoms with Gasteiger partial charge in [-0.3, -0.25) is 9.13 Å². The van der Waals surface area contributed by atoms with Gasteiger partial charge in [-0.1, -0.05) is 69.7 Å². The summed E-state index contributed by atoms with van der Waals surface area (Å²) in [5, 5.41) is 9.48. The van der Waals surface area contributed by atoms with Crippen LogP contribution < -0.4 is 5.69 Å². The van der Waals surface area contributed by atoms with Crippen LogP contribution >= 0.6 is 0 Å². The van der Waals surface area contributed by atoms with E-state index in [1.165, 1.54) is 0 Å². The van der Waals surface area contributed by atoms with Gasteiger partial charge in [-0.2, -0.15) is 0 Å². The second kappa shape index (κ2) is 10.5. The Morgan fingerprint density at radius 1 is 1.03 bits per heavy atom. The minimum absolute atomic E-state index is 0.0648. The first kappa shape index (κ1) is 23.6. The number of carboxylic acid groups (broad SMARTS) is 1.